The normalized spacial score (nSPS) is 19.5. The summed E-state index contributed by atoms with van der Waals surface area (Å²) in [4.78, 5) is 0. The second kappa shape index (κ2) is 7.40. The highest BCUT2D eigenvalue weighted by atomic mass is 35.5. The lowest BCUT2D eigenvalue weighted by atomic mass is 9.91. The highest BCUT2D eigenvalue weighted by Gasteiger charge is 2.05. The van der Waals surface area contributed by atoms with E-state index in [1.807, 2.05) is 6.92 Å². The zero-order valence-electron chi connectivity index (χ0n) is 7.20. The van der Waals surface area contributed by atoms with Gasteiger partial charge in [-0.2, -0.15) is 0 Å². The Hall–Kier alpha value is 0.290. The molecule has 0 atom stereocenters. The van der Waals surface area contributed by atoms with Crippen LogP contribution in [-0.4, -0.2) is 5.88 Å². The fraction of sp³-hybridized carbons (Fsp3) is 1.00. The first kappa shape index (κ1) is 10.3. The van der Waals surface area contributed by atoms with Crippen molar-refractivity contribution in [1.82, 2.24) is 0 Å². The molecular formula is C9H19Cl. The van der Waals surface area contributed by atoms with Gasteiger partial charge in [-0.25, -0.2) is 0 Å². The van der Waals surface area contributed by atoms with Crippen LogP contribution >= 0.6 is 11.6 Å². The van der Waals surface area contributed by atoms with Crippen molar-refractivity contribution in [2.24, 2.45) is 5.92 Å². The maximum Gasteiger partial charge on any atom is 0.0195 e. The topological polar surface area (TPSA) is 0 Å². The van der Waals surface area contributed by atoms with Crippen LogP contribution in [0.1, 0.15) is 46.0 Å². The Bertz CT molecular complexity index is 55.7. The second-order valence-electron chi connectivity index (χ2n) is 3.01. The summed E-state index contributed by atoms with van der Waals surface area (Å²) in [5.41, 5.74) is 0. The highest BCUT2D eigenvalue weighted by molar-refractivity contribution is 6.17. The Balaban J connectivity index is 0.000000236. The lowest BCUT2D eigenvalue weighted by Gasteiger charge is -2.15. The molecule has 0 bridgehead atoms. The quantitative estimate of drug-likeness (QED) is 0.475. The fourth-order valence-corrected chi connectivity index (χ4v) is 1.31. The van der Waals surface area contributed by atoms with Crippen molar-refractivity contribution in [1.29, 1.82) is 0 Å². The van der Waals surface area contributed by atoms with E-state index in [0.717, 1.165) is 11.8 Å². The van der Waals surface area contributed by atoms with Crippen LogP contribution < -0.4 is 0 Å². The van der Waals surface area contributed by atoms with E-state index in [4.69, 9.17) is 11.6 Å². The van der Waals surface area contributed by atoms with E-state index < -0.39 is 0 Å². The van der Waals surface area contributed by atoms with Gasteiger partial charge < -0.3 is 0 Å². The number of hydrogen-bond acceptors (Lipinski definition) is 0. The van der Waals surface area contributed by atoms with Gasteiger partial charge in [-0.15, -0.1) is 11.6 Å². The third kappa shape index (κ3) is 6.41. The van der Waals surface area contributed by atoms with Crippen molar-refractivity contribution in [3.8, 4) is 0 Å². The molecule has 0 radical (unpaired) electrons. The molecule has 1 saturated carbocycles. The predicted octanol–water partition coefficient (Wildman–Crippen LogP) is 3.83. The van der Waals surface area contributed by atoms with Gasteiger partial charge in [0.2, 0.25) is 0 Å². The molecule has 1 fully saturated rings. The Labute approximate surface area is 70.0 Å². The maximum atomic E-state index is 5.00. The van der Waals surface area contributed by atoms with Gasteiger partial charge >= 0.3 is 0 Å². The smallest absolute Gasteiger partial charge is 0.0195 e. The van der Waals surface area contributed by atoms with Crippen LogP contribution in [0.4, 0.5) is 0 Å². The molecule has 1 aliphatic rings. The van der Waals surface area contributed by atoms with Gasteiger partial charge in [0.25, 0.3) is 0 Å². The van der Waals surface area contributed by atoms with Crippen molar-refractivity contribution >= 4 is 11.6 Å². The van der Waals surface area contributed by atoms with E-state index in [9.17, 15) is 0 Å². The van der Waals surface area contributed by atoms with E-state index in [1.165, 1.54) is 32.1 Å². The summed E-state index contributed by atoms with van der Waals surface area (Å²) in [6.07, 6.45) is 7.44. The van der Waals surface area contributed by atoms with E-state index >= 15 is 0 Å². The van der Waals surface area contributed by atoms with Crippen LogP contribution in [0.15, 0.2) is 0 Å². The summed E-state index contributed by atoms with van der Waals surface area (Å²) in [6.45, 7) is 4.25. The van der Waals surface area contributed by atoms with E-state index in [1.54, 1.807) is 0 Å². The molecule has 1 aliphatic carbocycles. The minimum Gasteiger partial charge on any atom is -0.127 e. The monoisotopic (exact) mass is 162 g/mol. The van der Waals surface area contributed by atoms with Gasteiger partial charge in [0.15, 0.2) is 0 Å². The molecule has 0 saturated heterocycles. The molecule has 0 aromatic heterocycles. The number of alkyl halides is 1. The highest BCUT2D eigenvalue weighted by Crippen LogP contribution is 2.21. The largest absolute Gasteiger partial charge is 0.127 e. The lowest BCUT2D eigenvalue weighted by molar-refractivity contribution is 0.385. The first-order valence-corrected chi connectivity index (χ1v) is 4.90. The molecule has 62 valence electrons. The zero-order chi connectivity index (χ0) is 7.82. The molecule has 0 aromatic rings. The molecule has 0 N–H and O–H groups in total. The summed E-state index contributed by atoms with van der Waals surface area (Å²) in [5, 5.41) is 0. The van der Waals surface area contributed by atoms with Crippen LogP contribution in [-0.2, 0) is 0 Å². The fourth-order valence-electron chi connectivity index (χ4n) is 1.31. The molecule has 0 nitrogen and oxygen atoms in total. The molecule has 1 rings (SSSR count). The SMILES string of the molecule is CC1CCCCC1.CCCl. The van der Waals surface area contributed by atoms with E-state index in [0.29, 0.717) is 0 Å². The first-order valence-electron chi connectivity index (χ1n) is 4.37. The van der Waals surface area contributed by atoms with Crippen LogP contribution in [0.25, 0.3) is 0 Å². The average molecular weight is 163 g/mol. The molecule has 0 unspecified atom stereocenters. The molecule has 0 aliphatic heterocycles. The van der Waals surface area contributed by atoms with Crippen LogP contribution in [0.5, 0.6) is 0 Å². The first-order chi connectivity index (χ1) is 4.81. The number of halogens is 1. The second-order valence-corrected chi connectivity index (χ2v) is 3.54. The minimum absolute atomic E-state index is 0.722. The Kier molecular flexibility index (Phi) is 7.61. The average Bonchev–Trinajstić information content (AvgIpc) is 1.91. The predicted molar refractivity (Wildman–Crippen MR) is 48.6 cm³/mol. The van der Waals surface area contributed by atoms with Gasteiger partial charge in [-0.1, -0.05) is 46.0 Å². The Morgan fingerprint density at radius 1 is 1.20 bits per heavy atom. The van der Waals surface area contributed by atoms with E-state index in [-0.39, 0.29) is 0 Å². The molecular weight excluding hydrogens is 144 g/mol. The third-order valence-corrected chi connectivity index (χ3v) is 1.89. The van der Waals surface area contributed by atoms with Crippen LogP contribution in [0, 0.1) is 5.92 Å². The summed E-state index contributed by atoms with van der Waals surface area (Å²) >= 11 is 5.00. The van der Waals surface area contributed by atoms with Crippen LogP contribution in [0.3, 0.4) is 0 Å². The molecule has 0 amide bonds. The standard InChI is InChI=1S/C7H14.C2H5Cl/c1-7-5-3-2-4-6-7;1-2-3/h7H,2-6H2,1H3;2H2,1H3. The minimum atomic E-state index is 0.722. The molecule has 0 aromatic carbocycles. The maximum absolute atomic E-state index is 5.00. The summed E-state index contributed by atoms with van der Waals surface area (Å²) in [5.74, 6) is 1.76. The molecule has 1 heteroatoms. The third-order valence-electron chi connectivity index (χ3n) is 1.89. The zero-order valence-corrected chi connectivity index (χ0v) is 7.95. The van der Waals surface area contributed by atoms with E-state index in [2.05, 4.69) is 6.92 Å². The van der Waals surface area contributed by atoms with Crippen molar-refractivity contribution in [3.63, 3.8) is 0 Å². The van der Waals surface area contributed by atoms with Gasteiger partial charge in [-0.3, -0.25) is 0 Å². The van der Waals surface area contributed by atoms with Crippen LogP contribution in [0.2, 0.25) is 0 Å². The van der Waals surface area contributed by atoms with Crippen molar-refractivity contribution in [2.75, 3.05) is 5.88 Å². The number of rotatable bonds is 0. The van der Waals surface area contributed by atoms with Gasteiger partial charge in [0, 0.05) is 5.88 Å². The summed E-state index contributed by atoms with van der Waals surface area (Å²) < 4.78 is 0. The van der Waals surface area contributed by atoms with Gasteiger partial charge in [0.1, 0.15) is 0 Å². The molecule has 0 spiro atoms. The summed E-state index contributed by atoms with van der Waals surface area (Å²) in [6, 6.07) is 0. The number of hydrogen-bond donors (Lipinski definition) is 0. The Morgan fingerprint density at radius 3 is 1.80 bits per heavy atom. The van der Waals surface area contributed by atoms with Crippen molar-refractivity contribution in [2.45, 2.75) is 46.0 Å². The lowest BCUT2D eigenvalue weighted by Crippen LogP contribution is -1.99. The van der Waals surface area contributed by atoms with Crippen molar-refractivity contribution < 1.29 is 0 Å². The summed E-state index contributed by atoms with van der Waals surface area (Å²) in [7, 11) is 0. The van der Waals surface area contributed by atoms with Gasteiger partial charge in [-0.05, 0) is 5.92 Å². The molecule has 10 heavy (non-hydrogen) atoms. The van der Waals surface area contributed by atoms with Crippen molar-refractivity contribution in [3.05, 3.63) is 0 Å². The Morgan fingerprint density at radius 2 is 1.60 bits per heavy atom. The van der Waals surface area contributed by atoms with Gasteiger partial charge in [0.05, 0.1) is 0 Å². The molecule has 0 heterocycles.